The smallest absolute Gasteiger partial charge is 0.220 e. The zero-order valence-electron chi connectivity index (χ0n) is 10.4. The van der Waals surface area contributed by atoms with Crippen molar-refractivity contribution in [1.82, 2.24) is 5.32 Å². The predicted molar refractivity (Wildman–Crippen MR) is 66.1 cm³/mol. The van der Waals surface area contributed by atoms with Crippen molar-refractivity contribution in [2.45, 2.75) is 39.7 Å². The summed E-state index contributed by atoms with van der Waals surface area (Å²) in [6.45, 7) is 8.12. The number of aliphatic hydroxyl groups is 1. The fourth-order valence-corrected chi connectivity index (χ4v) is 1.92. The first-order chi connectivity index (χ1) is 6.66. The van der Waals surface area contributed by atoms with E-state index in [0.717, 1.165) is 0 Å². The van der Waals surface area contributed by atoms with E-state index in [-0.39, 0.29) is 11.3 Å². The van der Waals surface area contributed by atoms with E-state index in [1.165, 1.54) is 0 Å². The lowest BCUT2D eigenvalue weighted by atomic mass is 9.92. The summed E-state index contributed by atoms with van der Waals surface area (Å²) in [7, 11) is 0. The molecule has 0 rings (SSSR count). The molecule has 0 aliphatic carbocycles. The lowest BCUT2D eigenvalue weighted by Crippen LogP contribution is -2.43. The van der Waals surface area contributed by atoms with Gasteiger partial charge in [0.1, 0.15) is 0 Å². The van der Waals surface area contributed by atoms with Crippen molar-refractivity contribution < 1.29 is 9.90 Å². The van der Waals surface area contributed by atoms with E-state index in [0.29, 0.717) is 18.7 Å². The fourth-order valence-electron chi connectivity index (χ4n) is 1.20. The third-order valence-electron chi connectivity index (χ3n) is 1.81. The van der Waals surface area contributed by atoms with Gasteiger partial charge >= 0.3 is 0 Å². The van der Waals surface area contributed by atoms with Crippen molar-refractivity contribution in [1.29, 1.82) is 0 Å². The van der Waals surface area contributed by atoms with Gasteiger partial charge in [0.25, 0.3) is 0 Å². The van der Waals surface area contributed by atoms with Gasteiger partial charge in [-0.3, -0.25) is 4.79 Å². The van der Waals surface area contributed by atoms with Gasteiger partial charge < -0.3 is 10.4 Å². The number of rotatable bonds is 5. The summed E-state index contributed by atoms with van der Waals surface area (Å²) >= 11 is 1.57. The minimum Gasteiger partial charge on any atom is -0.387 e. The summed E-state index contributed by atoms with van der Waals surface area (Å²) in [6.07, 6.45) is 2.42. The summed E-state index contributed by atoms with van der Waals surface area (Å²) < 4.78 is 0. The van der Waals surface area contributed by atoms with E-state index < -0.39 is 5.60 Å². The normalized spacial score (nSPS) is 15.9. The van der Waals surface area contributed by atoms with Crippen LogP contribution in [0.5, 0.6) is 0 Å². The van der Waals surface area contributed by atoms with Crippen LogP contribution in [0.3, 0.4) is 0 Å². The largest absolute Gasteiger partial charge is 0.387 e. The molecule has 4 heteroatoms. The van der Waals surface area contributed by atoms with Crippen LogP contribution in [0.15, 0.2) is 0 Å². The second-order valence-corrected chi connectivity index (χ2v) is 6.31. The molecule has 3 nitrogen and oxygen atoms in total. The maximum atomic E-state index is 11.5. The Morgan fingerprint density at radius 1 is 1.33 bits per heavy atom. The molecule has 0 heterocycles. The molecular weight excluding hydrogens is 210 g/mol. The van der Waals surface area contributed by atoms with Crippen LogP contribution in [0.2, 0.25) is 0 Å². The van der Waals surface area contributed by atoms with Crippen molar-refractivity contribution in [2.75, 3.05) is 18.6 Å². The van der Waals surface area contributed by atoms with Gasteiger partial charge in [0.15, 0.2) is 0 Å². The minimum absolute atomic E-state index is 0.00359. The van der Waals surface area contributed by atoms with Crippen molar-refractivity contribution >= 4 is 17.7 Å². The average Bonchev–Trinajstić information content (AvgIpc) is 1.98. The molecule has 0 aromatic carbocycles. The molecule has 0 aromatic rings. The second kappa shape index (κ2) is 5.75. The highest BCUT2D eigenvalue weighted by Gasteiger charge is 2.22. The van der Waals surface area contributed by atoms with Crippen LogP contribution >= 0.6 is 11.8 Å². The molecule has 0 spiro atoms. The molecular formula is C11H23NO2S. The number of hydrogen-bond acceptors (Lipinski definition) is 3. The first-order valence-electron chi connectivity index (χ1n) is 5.14. The molecule has 0 bridgehead atoms. The molecule has 0 aliphatic rings. The number of carbonyl (C=O) groups excluding carboxylic acids is 1. The fraction of sp³-hybridized carbons (Fsp3) is 0.909. The van der Waals surface area contributed by atoms with E-state index in [1.54, 1.807) is 18.7 Å². The highest BCUT2D eigenvalue weighted by molar-refractivity contribution is 7.98. The predicted octanol–water partition coefficient (Wildman–Crippen LogP) is 1.65. The van der Waals surface area contributed by atoms with Gasteiger partial charge in [-0.2, -0.15) is 11.8 Å². The van der Waals surface area contributed by atoms with Crippen molar-refractivity contribution in [3.63, 3.8) is 0 Å². The SMILES string of the molecule is CSCC(C)(O)CNC(=O)CC(C)(C)C. The molecule has 1 unspecified atom stereocenters. The molecule has 0 saturated heterocycles. The number of nitrogens with one attached hydrogen (secondary N) is 1. The number of amides is 1. The Balaban J connectivity index is 3.90. The summed E-state index contributed by atoms with van der Waals surface area (Å²) in [4.78, 5) is 11.5. The minimum atomic E-state index is -0.813. The van der Waals surface area contributed by atoms with E-state index >= 15 is 0 Å². The molecule has 2 N–H and O–H groups in total. The van der Waals surface area contributed by atoms with Gasteiger partial charge in [-0.25, -0.2) is 0 Å². The van der Waals surface area contributed by atoms with Gasteiger partial charge in [0.2, 0.25) is 5.91 Å². The lowest BCUT2D eigenvalue weighted by Gasteiger charge is -2.24. The zero-order valence-corrected chi connectivity index (χ0v) is 11.2. The Kier molecular flexibility index (Phi) is 5.67. The molecule has 0 saturated carbocycles. The molecule has 1 atom stereocenters. The molecule has 1 amide bonds. The third kappa shape index (κ3) is 8.75. The van der Waals surface area contributed by atoms with E-state index in [1.807, 2.05) is 27.0 Å². The van der Waals surface area contributed by atoms with Crippen LogP contribution in [-0.4, -0.2) is 35.2 Å². The quantitative estimate of drug-likeness (QED) is 0.759. The monoisotopic (exact) mass is 233 g/mol. The zero-order chi connectivity index (χ0) is 12.1. The van der Waals surface area contributed by atoms with Gasteiger partial charge in [-0.15, -0.1) is 0 Å². The third-order valence-corrected chi connectivity index (χ3v) is 2.72. The lowest BCUT2D eigenvalue weighted by molar-refractivity contribution is -0.123. The first-order valence-corrected chi connectivity index (χ1v) is 6.54. The number of hydrogen-bond donors (Lipinski definition) is 2. The van der Waals surface area contributed by atoms with E-state index in [2.05, 4.69) is 5.32 Å². The second-order valence-electron chi connectivity index (χ2n) is 5.44. The standard InChI is InChI=1S/C11H23NO2S/c1-10(2,3)6-9(13)12-7-11(4,14)8-15-5/h14H,6-8H2,1-5H3,(H,12,13). The van der Waals surface area contributed by atoms with Crippen LogP contribution in [-0.2, 0) is 4.79 Å². The Morgan fingerprint density at radius 3 is 2.27 bits per heavy atom. The number of thioether (sulfide) groups is 1. The van der Waals surface area contributed by atoms with Gasteiger partial charge in [-0.05, 0) is 18.6 Å². The Morgan fingerprint density at radius 2 is 1.87 bits per heavy atom. The molecule has 0 radical (unpaired) electrons. The maximum Gasteiger partial charge on any atom is 0.220 e. The van der Waals surface area contributed by atoms with Gasteiger partial charge in [0.05, 0.1) is 5.60 Å². The summed E-state index contributed by atoms with van der Waals surface area (Å²) in [5.74, 6) is 0.631. The van der Waals surface area contributed by atoms with Gasteiger partial charge in [-0.1, -0.05) is 20.8 Å². The van der Waals surface area contributed by atoms with Crippen molar-refractivity contribution in [3.8, 4) is 0 Å². The van der Waals surface area contributed by atoms with Crippen LogP contribution in [0, 0.1) is 5.41 Å². The van der Waals surface area contributed by atoms with Crippen molar-refractivity contribution in [2.24, 2.45) is 5.41 Å². The molecule has 90 valence electrons. The van der Waals surface area contributed by atoms with E-state index in [9.17, 15) is 9.90 Å². The highest BCUT2D eigenvalue weighted by Crippen LogP contribution is 2.18. The Bertz CT molecular complexity index is 209. The first kappa shape index (κ1) is 14.8. The summed E-state index contributed by atoms with van der Waals surface area (Å²) in [6, 6.07) is 0. The van der Waals surface area contributed by atoms with E-state index in [4.69, 9.17) is 0 Å². The maximum absolute atomic E-state index is 11.5. The van der Waals surface area contributed by atoms with Gasteiger partial charge in [0, 0.05) is 18.7 Å². The van der Waals surface area contributed by atoms with Crippen LogP contribution in [0.1, 0.15) is 34.1 Å². The summed E-state index contributed by atoms with van der Waals surface area (Å²) in [5.41, 5.74) is -0.817. The van der Waals surface area contributed by atoms with Crippen LogP contribution < -0.4 is 5.32 Å². The van der Waals surface area contributed by atoms with Crippen LogP contribution in [0.25, 0.3) is 0 Å². The number of carbonyl (C=O) groups is 1. The molecule has 15 heavy (non-hydrogen) atoms. The Labute approximate surface area is 97.0 Å². The van der Waals surface area contributed by atoms with Crippen LogP contribution in [0.4, 0.5) is 0 Å². The Hall–Kier alpha value is -0.220. The average molecular weight is 233 g/mol. The molecule has 0 aliphatic heterocycles. The summed E-state index contributed by atoms with van der Waals surface area (Å²) in [5, 5.41) is 12.6. The molecule has 0 fully saturated rings. The highest BCUT2D eigenvalue weighted by atomic mass is 32.2. The molecule has 0 aromatic heterocycles. The van der Waals surface area contributed by atoms with Crippen molar-refractivity contribution in [3.05, 3.63) is 0 Å². The topological polar surface area (TPSA) is 49.3 Å².